The molecule has 0 radical (unpaired) electrons. The molecule has 1 atom stereocenters. The minimum atomic E-state index is 0.441. The number of hydrogen-bond donors (Lipinski definition) is 2. The predicted octanol–water partition coefficient (Wildman–Crippen LogP) is 3.84. The maximum absolute atomic E-state index is 5.86. The van der Waals surface area contributed by atoms with Gasteiger partial charge in [0.2, 0.25) is 0 Å². The third kappa shape index (κ3) is 2.24. The van der Waals surface area contributed by atoms with Gasteiger partial charge in [-0.15, -0.1) is 0 Å². The van der Waals surface area contributed by atoms with Crippen LogP contribution in [0.25, 0.3) is 0 Å². The van der Waals surface area contributed by atoms with Gasteiger partial charge in [0.05, 0.1) is 0 Å². The van der Waals surface area contributed by atoms with Crippen LogP contribution in [0.5, 0.6) is 0 Å². The van der Waals surface area contributed by atoms with Crippen LogP contribution in [-0.2, 0) is 0 Å². The van der Waals surface area contributed by atoms with Gasteiger partial charge in [-0.1, -0.05) is 0 Å². The molecule has 4 fully saturated rings. The number of halogens is 1. The Balaban J connectivity index is 1.57. The molecule has 0 spiro atoms. The molecule has 1 unspecified atom stereocenters. The molecule has 4 saturated carbocycles. The van der Waals surface area contributed by atoms with E-state index < -0.39 is 0 Å². The van der Waals surface area contributed by atoms with E-state index in [4.69, 9.17) is 5.73 Å². The summed E-state index contributed by atoms with van der Waals surface area (Å²) >= 11 is 3.51. The lowest BCUT2D eigenvalue weighted by atomic mass is 9.48. The van der Waals surface area contributed by atoms with E-state index in [1.807, 2.05) is 0 Å². The van der Waals surface area contributed by atoms with Gasteiger partial charge < -0.3 is 11.1 Å². The molecule has 1 aromatic rings. The van der Waals surface area contributed by atoms with E-state index in [1.54, 1.807) is 0 Å². The van der Waals surface area contributed by atoms with Gasteiger partial charge in [-0.2, -0.15) is 0 Å². The topological polar surface area (TPSA) is 63.8 Å². The Kier molecular flexibility index (Phi) is 3.18. The molecule has 4 nitrogen and oxygen atoms in total. The van der Waals surface area contributed by atoms with Crippen LogP contribution >= 0.6 is 15.9 Å². The van der Waals surface area contributed by atoms with Crippen molar-refractivity contribution >= 4 is 27.6 Å². The first-order valence-electron chi connectivity index (χ1n) is 8.08. The summed E-state index contributed by atoms with van der Waals surface area (Å²) in [5, 5.41) is 3.63. The molecular weight excluding hydrogens is 328 g/mol. The molecule has 0 amide bonds. The lowest BCUT2D eigenvalue weighted by Crippen LogP contribution is -2.53. The van der Waals surface area contributed by atoms with Gasteiger partial charge in [-0.05, 0) is 84.5 Å². The Bertz CT molecular complexity index is 524. The third-order valence-electron chi connectivity index (χ3n) is 6.17. The molecule has 4 aliphatic carbocycles. The average Bonchev–Trinajstić information content (AvgIpc) is 2.42. The highest BCUT2D eigenvalue weighted by molar-refractivity contribution is 9.10. The normalized spacial score (nSPS) is 38.5. The van der Waals surface area contributed by atoms with Gasteiger partial charge in [0.15, 0.2) is 0 Å². The zero-order valence-corrected chi connectivity index (χ0v) is 14.1. The number of nitrogens with two attached hydrogens (primary N) is 1. The zero-order chi connectivity index (χ0) is 14.6. The van der Waals surface area contributed by atoms with Gasteiger partial charge in [0, 0.05) is 6.04 Å². The standard InChI is InChI=1S/C16H23BrN4/c1-9(21-15-13(17)14(18)19-8-20-15)16-5-10-2-11(6-16)4-12(3-10)7-16/h8-12H,2-7H2,1H3,(H3,18,19,20,21). The molecule has 5 heteroatoms. The van der Waals surface area contributed by atoms with Crippen molar-refractivity contribution in [2.75, 3.05) is 11.1 Å². The summed E-state index contributed by atoms with van der Waals surface area (Å²) in [5.74, 6) is 4.26. The predicted molar refractivity (Wildman–Crippen MR) is 87.8 cm³/mol. The largest absolute Gasteiger partial charge is 0.383 e. The minimum absolute atomic E-state index is 0.441. The molecular formula is C16H23BrN4. The lowest BCUT2D eigenvalue weighted by Gasteiger charge is -2.59. The Hall–Kier alpha value is -0.840. The Morgan fingerprint density at radius 1 is 1.19 bits per heavy atom. The van der Waals surface area contributed by atoms with Crippen LogP contribution in [0.1, 0.15) is 45.4 Å². The van der Waals surface area contributed by atoms with Gasteiger partial charge in [-0.25, -0.2) is 9.97 Å². The van der Waals surface area contributed by atoms with Crippen molar-refractivity contribution in [1.82, 2.24) is 9.97 Å². The van der Waals surface area contributed by atoms with E-state index >= 15 is 0 Å². The van der Waals surface area contributed by atoms with Crippen LogP contribution in [0.15, 0.2) is 10.8 Å². The smallest absolute Gasteiger partial charge is 0.146 e. The Morgan fingerprint density at radius 3 is 2.33 bits per heavy atom. The van der Waals surface area contributed by atoms with Gasteiger partial charge >= 0.3 is 0 Å². The summed E-state index contributed by atoms with van der Waals surface area (Å²) in [7, 11) is 0. The molecule has 0 saturated heterocycles. The van der Waals surface area contributed by atoms with Crippen molar-refractivity contribution in [3.8, 4) is 0 Å². The van der Waals surface area contributed by atoms with Crippen LogP contribution in [-0.4, -0.2) is 16.0 Å². The fourth-order valence-corrected chi connectivity index (χ4v) is 5.87. The van der Waals surface area contributed by atoms with E-state index in [-0.39, 0.29) is 0 Å². The summed E-state index contributed by atoms with van der Waals surface area (Å²) in [6.45, 7) is 2.33. The van der Waals surface area contributed by atoms with E-state index in [9.17, 15) is 0 Å². The first kappa shape index (κ1) is 13.8. The number of aromatic nitrogens is 2. The van der Waals surface area contributed by atoms with Crippen LogP contribution in [0.4, 0.5) is 11.6 Å². The third-order valence-corrected chi connectivity index (χ3v) is 6.96. The van der Waals surface area contributed by atoms with Crippen molar-refractivity contribution in [3.05, 3.63) is 10.8 Å². The first-order valence-corrected chi connectivity index (χ1v) is 8.87. The molecule has 3 N–H and O–H groups in total. The molecule has 0 aliphatic heterocycles. The van der Waals surface area contributed by atoms with E-state index in [0.717, 1.165) is 28.0 Å². The molecule has 1 aromatic heterocycles. The fraction of sp³-hybridized carbons (Fsp3) is 0.750. The lowest BCUT2D eigenvalue weighted by molar-refractivity contribution is -0.0603. The summed E-state index contributed by atoms with van der Waals surface area (Å²) in [6.07, 6.45) is 10.2. The molecule has 1 heterocycles. The maximum atomic E-state index is 5.86. The average molecular weight is 351 g/mol. The fourth-order valence-electron chi connectivity index (χ4n) is 5.55. The van der Waals surface area contributed by atoms with Crippen LogP contribution in [0, 0.1) is 23.2 Å². The number of rotatable bonds is 3. The van der Waals surface area contributed by atoms with Crippen molar-refractivity contribution in [3.63, 3.8) is 0 Å². The molecule has 114 valence electrons. The van der Waals surface area contributed by atoms with Crippen molar-refractivity contribution in [2.24, 2.45) is 23.2 Å². The summed E-state index contributed by atoms with van der Waals surface area (Å²) in [6, 6.07) is 0.441. The van der Waals surface area contributed by atoms with Gasteiger partial charge in [-0.3, -0.25) is 0 Å². The van der Waals surface area contributed by atoms with Gasteiger partial charge in [0.25, 0.3) is 0 Å². The number of nitrogens with zero attached hydrogens (tertiary/aromatic N) is 2. The quantitative estimate of drug-likeness (QED) is 0.869. The van der Waals surface area contributed by atoms with E-state index in [2.05, 4.69) is 38.1 Å². The first-order chi connectivity index (χ1) is 10.1. The second-order valence-corrected chi connectivity index (χ2v) is 8.36. The van der Waals surface area contributed by atoms with Crippen LogP contribution in [0.2, 0.25) is 0 Å². The number of nitrogen functional groups attached to an aromatic ring is 1. The van der Waals surface area contributed by atoms with Crippen LogP contribution < -0.4 is 11.1 Å². The monoisotopic (exact) mass is 350 g/mol. The molecule has 4 aliphatic rings. The van der Waals surface area contributed by atoms with E-state index in [0.29, 0.717) is 17.3 Å². The number of nitrogens with one attached hydrogen (secondary N) is 1. The number of anilines is 2. The molecule has 4 bridgehead atoms. The second kappa shape index (κ2) is 4.83. The molecule has 5 rings (SSSR count). The SMILES string of the molecule is CC(Nc1ncnc(N)c1Br)C12CC3CC(CC(C3)C1)C2. The zero-order valence-electron chi connectivity index (χ0n) is 12.5. The van der Waals surface area contributed by atoms with Crippen molar-refractivity contribution < 1.29 is 0 Å². The highest BCUT2D eigenvalue weighted by Crippen LogP contribution is 2.61. The summed E-state index contributed by atoms with van der Waals surface area (Å²) in [4.78, 5) is 8.38. The Morgan fingerprint density at radius 2 is 1.76 bits per heavy atom. The highest BCUT2D eigenvalue weighted by atomic mass is 79.9. The summed E-state index contributed by atoms with van der Waals surface area (Å²) < 4.78 is 0.793. The summed E-state index contributed by atoms with van der Waals surface area (Å²) in [5.41, 5.74) is 6.33. The minimum Gasteiger partial charge on any atom is -0.383 e. The Labute approximate surface area is 134 Å². The number of hydrogen-bond acceptors (Lipinski definition) is 4. The van der Waals surface area contributed by atoms with Gasteiger partial charge in [0.1, 0.15) is 22.4 Å². The van der Waals surface area contributed by atoms with E-state index in [1.165, 1.54) is 44.9 Å². The maximum Gasteiger partial charge on any atom is 0.146 e. The second-order valence-electron chi connectivity index (χ2n) is 7.57. The van der Waals surface area contributed by atoms with Crippen LogP contribution in [0.3, 0.4) is 0 Å². The molecule has 21 heavy (non-hydrogen) atoms. The van der Waals surface area contributed by atoms with Crippen molar-refractivity contribution in [2.45, 2.75) is 51.5 Å². The van der Waals surface area contributed by atoms with Crippen molar-refractivity contribution in [1.29, 1.82) is 0 Å². The molecule has 0 aromatic carbocycles. The highest BCUT2D eigenvalue weighted by Gasteiger charge is 2.53.